The molecule has 2 nitrogen and oxygen atoms in total. The first kappa shape index (κ1) is 10.2. The van der Waals surface area contributed by atoms with Crippen LogP contribution in [0.2, 0.25) is 0 Å². The largest absolute Gasteiger partial charge is 0.330 e. The van der Waals surface area contributed by atoms with Crippen molar-refractivity contribution in [3.63, 3.8) is 0 Å². The summed E-state index contributed by atoms with van der Waals surface area (Å²) in [5.41, 5.74) is 7.27. The molecule has 2 N–H and O–H groups in total. The highest BCUT2D eigenvalue weighted by Gasteiger charge is 2.58. The maximum absolute atomic E-state index is 5.81. The van der Waals surface area contributed by atoms with Crippen LogP contribution in [0.4, 0.5) is 0 Å². The van der Waals surface area contributed by atoms with E-state index in [2.05, 4.69) is 32.0 Å². The van der Waals surface area contributed by atoms with E-state index in [0.29, 0.717) is 17.3 Å². The monoisotopic (exact) mass is 232 g/mol. The van der Waals surface area contributed by atoms with Gasteiger partial charge in [0.15, 0.2) is 0 Å². The Hall–Kier alpha value is -0.930. The van der Waals surface area contributed by atoms with Crippen LogP contribution in [-0.4, -0.2) is 11.5 Å². The first-order chi connectivity index (χ1) is 7.64. The van der Waals surface area contributed by atoms with Gasteiger partial charge >= 0.3 is 0 Å². The molecular formula is C13H16N2S. The number of para-hydroxylation sites is 1. The summed E-state index contributed by atoms with van der Waals surface area (Å²) >= 11 is 1.82. The lowest BCUT2D eigenvalue weighted by molar-refractivity contribution is 0.558. The van der Waals surface area contributed by atoms with Gasteiger partial charge in [-0.1, -0.05) is 26.0 Å². The van der Waals surface area contributed by atoms with Crippen molar-refractivity contribution in [2.45, 2.75) is 19.8 Å². The molecule has 0 bridgehead atoms. The van der Waals surface area contributed by atoms with E-state index in [-0.39, 0.29) is 0 Å². The van der Waals surface area contributed by atoms with Crippen molar-refractivity contribution < 1.29 is 0 Å². The second-order valence-electron chi connectivity index (χ2n) is 5.16. The van der Waals surface area contributed by atoms with Crippen LogP contribution in [0.15, 0.2) is 24.3 Å². The average molecular weight is 232 g/mol. The summed E-state index contributed by atoms with van der Waals surface area (Å²) in [6, 6.07) is 8.35. The Morgan fingerprint density at radius 1 is 1.38 bits per heavy atom. The standard InChI is InChI=1S/C13H16N2S/c1-13(2)8(7-14)11(13)12-15-9-5-3-4-6-10(9)16-12/h3-6,8,11H,7,14H2,1-2H3/t8-,11+/m0/s1. The first-order valence-corrected chi connectivity index (χ1v) is 6.52. The van der Waals surface area contributed by atoms with Gasteiger partial charge in [-0.15, -0.1) is 11.3 Å². The minimum atomic E-state index is 0.336. The Morgan fingerprint density at radius 2 is 2.12 bits per heavy atom. The number of hydrogen-bond donors (Lipinski definition) is 1. The molecule has 0 saturated heterocycles. The highest BCUT2D eigenvalue weighted by Crippen LogP contribution is 2.64. The molecule has 3 rings (SSSR count). The maximum Gasteiger partial charge on any atom is 0.0978 e. The lowest BCUT2D eigenvalue weighted by atomic mass is 10.1. The topological polar surface area (TPSA) is 38.9 Å². The van der Waals surface area contributed by atoms with Gasteiger partial charge in [0.25, 0.3) is 0 Å². The second-order valence-corrected chi connectivity index (χ2v) is 6.22. The zero-order valence-electron chi connectivity index (χ0n) is 9.60. The predicted molar refractivity (Wildman–Crippen MR) is 68.7 cm³/mol. The number of benzene rings is 1. The van der Waals surface area contributed by atoms with Crippen LogP contribution in [0.25, 0.3) is 10.2 Å². The van der Waals surface area contributed by atoms with Crippen molar-refractivity contribution in [2.24, 2.45) is 17.1 Å². The van der Waals surface area contributed by atoms with E-state index in [4.69, 9.17) is 10.7 Å². The predicted octanol–water partition coefficient (Wildman–Crippen LogP) is 2.99. The van der Waals surface area contributed by atoms with Crippen molar-refractivity contribution in [1.29, 1.82) is 0 Å². The molecule has 1 aliphatic carbocycles. The molecular weight excluding hydrogens is 216 g/mol. The van der Waals surface area contributed by atoms with Gasteiger partial charge in [0.1, 0.15) is 0 Å². The number of hydrogen-bond acceptors (Lipinski definition) is 3. The Balaban J connectivity index is 2.02. The van der Waals surface area contributed by atoms with Gasteiger partial charge < -0.3 is 5.73 Å². The van der Waals surface area contributed by atoms with Crippen LogP contribution in [0.5, 0.6) is 0 Å². The number of fused-ring (bicyclic) bond motifs is 1. The molecule has 1 fully saturated rings. The summed E-state index contributed by atoms with van der Waals surface area (Å²) in [4.78, 5) is 4.73. The van der Waals surface area contributed by atoms with Crippen LogP contribution < -0.4 is 5.73 Å². The van der Waals surface area contributed by atoms with E-state index in [1.807, 2.05) is 17.4 Å². The van der Waals surface area contributed by atoms with Crippen LogP contribution in [0.1, 0.15) is 24.8 Å². The van der Waals surface area contributed by atoms with Crippen LogP contribution in [-0.2, 0) is 0 Å². The molecule has 1 saturated carbocycles. The van der Waals surface area contributed by atoms with E-state index in [9.17, 15) is 0 Å². The number of nitrogens with two attached hydrogens (primary N) is 1. The molecule has 1 aromatic heterocycles. The van der Waals surface area contributed by atoms with Crippen molar-refractivity contribution in [3.05, 3.63) is 29.3 Å². The van der Waals surface area contributed by atoms with Gasteiger partial charge in [-0.3, -0.25) is 0 Å². The van der Waals surface area contributed by atoms with Crippen LogP contribution in [0.3, 0.4) is 0 Å². The van der Waals surface area contributed by atoms with Gasteiger partial charge in [-0.25, -0.2) is 4.98 Å². The quantitative estimate of drug-likeness (QED) is 0.864. The van der Waals surface area contributed by atoms with Crippen molar-refractivity contribution in [3.8, 4) is 0 Å². The minimum absolute atomic E-state index is 0.336. The summed E-state index contributed by atoms with van der Waals surface area (Å²) in [5.74, 6) is 1.17. The molecule has 1 aliphatic rings. The minimum Gasteiger partial charge on any atom is -0.330 e. The number of thiazole rings is 1. The summed E-state index contributed by atoms with van der Waals surface area (Å²) in [6.45, 7) is 5.36. The normalized spacial score (nSPS) is 27.2. The third-order valence-electron chi connectivity index (χ3n) is 3.88. The van der Waals surface area contributed by atoms with E-state index in [1.165, 1.54) is 9.71 Å². The van der Waals surface area contributed by atoms with E-state index < -0.39 is 0 Å². The van der Waals surface area contributed by atoms with E-state index in [0.717, 1.165) is 12.1 Å². The fourth-order valence-electron chi connectivity index (χ4n) is 2.70. The Kier molecular flexibility index (Phi) is 2.10. The van der Waals surface area contributed by atoms with E-state index in [1.54, 1.807) is 0 Å². The Morgan fingerprint density at radius 3 is 2.75 bits per heavy atom. The van der Waals surface area contributed by atoms with Crippen molar-refractivity contribution in [1.82, 2.24) is 4.98 Å². The van der Waals surface area contributed by atoms with Gasteiger partial charge in [0.2, 0.25) is 0 Å². The molecule has 1 heterocycles. The summed E-state index contributed by atoms with van der Waals surface area (Å²) < 4.78 is 1.29. The molecule has 0 spiro atoms. The highest BCUT2D eigenvalue weighted by atomic mass is 32.1. The van der Waals surface area contributed by atoms with Gasteiger partial charge in [-0.2, -0.15) is 0 Å². The van der Waals surface area contributed by atoms with Crippen molar-refractivity contribution >= 4 is 21.6 Å². The van der Waals surface area contributed by atoms with Gasteiger partial charge in [-0.05, 0) is 30.0 Å². The Labute approximate surface area is 99.5 Å². The van der Waals surface area contributed by atoms with Crippen LogP contribution >= 0.6 is 11.3 Å². The lowest BCUT2D eigenvalue weighted by Gasteiger charge is -1.98. The zero-order valence-corrected chi connectivity index (χ0v) is 10.4. The molecule has 0 amide bonds. The fourth-order valence-corrected chi connectivity index (χ4v) is 4.03. The van der Waals surface area contributed by atoms with Crippen LogP contribution in [0, 0.1) is 11.3 Å². The molecule has 3 heteroatoms. The van der Waals surface area contributed by atoms with Gasteiger partial charge in [0.05, 0.1) is 15.2 Å². The fraction of sp³-hybridized carbons (Fsp3) is 0.462. The van der Waals surface area contributed by atoms with Gasteiger partial charge in [0, 0.05) is 5.92 Å². The molecule has 0 unspecified atom stereocenters. The molecule has 0 aliphatic heterocycles. The first-order valence-electron chi connectivity index (χ1n) is 5.70. The third kappa shape index (κ3) is 1.31. The maximum atomic E-state index is 5.81. The summed E-state index contributed by atoms with van der Waals surface area (Å²) in [7, 11) is 0. The second kappa shape index (κ2) is 3.28. The molecule has 2 atom stereocenters. The number of aromatic nitrogens is 1. The average Bonchev–Trinajstić information content (AvgIpc) is 2.65. The number of nitrogens with zero attached hydrogens (tertiary/aromatic N) is 1. The molecule has 2 aromatic rings. The Bertz CT molecular complexity index is 496. The highest BCUT2D eigenvalue weighted by molar-refractivity contribution is 7.18. The lowest BCUT2D eigenvalue weighted by Crippen LogP contribution is -2.05. The third-order valence-corrected chi connectivity index (χ3v) is 5.00. The zero-order chi connectivity index (χ0) is 11.3. The number of rotatable bonds is 2. The molecule has 0 radical (unpaired) electrons. The molecule has 16 heavy (non-hydrogen) atoms. The smallest absolute Gasteiger partial charge is 0.0978 e. The summed E-state index contributed by atoms with van der Waals surface area (Å²) in [6.07, 6.45) is 0. The molecule has 84 valence electrons. The van der Waals surface area contributed by atoms with Crippen molar-refractivity contribution in [2.75, 3.05) is 6.54 Å². The SMILES string of the molecule is CC1(C)[C@@H](CN)[C@@H]1c1nc2ccccc2s1. The molecule has 1 aromatic carbocycles. The van der Waals surface area contributed by atoms with E-state index >= 15 is 0 Å². The summed E-state index contributed by atoms with van der Waals surface area (Å²) in [5, 5.41) is 1.27.